The van der Waals surface area contributed by atoms with Gasteiger partial charge in [-0.25, -0.2) is 0 Å². The quantitative estimate of drug-likeness (QED) is 0.821. The van der Waals surface area contributed by atoms with Crippen LogP contribution in [-0.2, 0) is 13.1 Å². The van der Waals surface area contributed by atoms with Crippen molar-refractivity contribution in [3.63, 3.8) is 0 Å². The Hall–Kier alpha value is -1.34. The van der Waals surface area contributed by atoms with E-state index in [2.05, 4.69) is 31.7 Å². The fourth-order valence-corrected chi connectivity index (χ4v) is 1.89. The summed E-state index contributed by atoms with van der Waals surface area (Å²) < 4.78 is 8.00. The molecule has 0 aliphatic heterocycles. The van der Waals surface area contributed by atoms with Crippen molar-refractivity contribution in [3.8, 4) is 0 Å². The lowest BCUT2D eigenvalue weighted by Crippen LogP contribution is -2.36. The molecule has 0 spiro atoms. The van der Waals surface area contributed by atoms with E-state index < -0.39 is 0 Å². The van der Waals surface area contributed by atoms with Crippen LogP contribution in [0.25, 0.3) is 0 Å². The number of thiocarbonyl (C=S) groups is 1. The number of furan rings is 1. The Labute approximate surface area is 119 Å². The SMILES string of the molecule is S=C(NCCn1cc(Br)cn1)NCc1ccco1. The third-order valence-corrected chi connectivity index (χ3v) is 2.93. The van der Waals surface area contributed by atoms with Gasteiger partial charge in [0.15, 0.2) is 5.11 Å². The smallest absolute Gasteiger partial charge is 0.166 e. The maximum absolute atomic E-state index is 5.19. The molecule has 2 heterocycles. The van der Waals surface area contributed by atoms with Gasteiger partial charge in [0, 0.05) is 12.7 Å². The van der Waals surface area contributed by atoms with Gasteiger partial charge in [-0.3, -0.25) is 4.68 Å². The van der Waals surface area contributed by atoms with Gasteiger partial charge in [0.1, 0.15) is 5.76 Å². The highest BCUT2D eigenvalue weighted by Crippen LogP contribution is 2.05. The van der Waals surface area contributed by atoms with Gasteiger partial charge in [-0.2, -0.15) is 5.10 Å². The van der Waals surface area contributed by atoms with E-state index in [1.54, 1.807) is 12.5 Å². The Morgan fingerprint density at radius 3 is 3.06 bits per heavy atom. The van der Waals surface area contributed by atoms with Crippen molar-refractivity contribution in [2.75, 3.05) is 6.54 Å². The largest absolute Gasteiger partial charge is 0.467 e. The summed E-state index contributed by atoms with van der Waals surface area (Å²) >= 11 is 8.49. The molecule has 0 unspecified atom stereocenters. The molecule has 0 bridgehead atoms. The van der Waals surface area contributed by atoms with Crippen LogP contribution in [0.4, 0.5) is 0 Å². The minimum atomic E-state index is 0.589. The van der Waals surface area contributed by atoms with Gasteiger partial charge in [-0.15, -0.1) is 0 Å². The van der Waals surface area contributed by atoms with Crippen LogP contribution < -0.4 is 10.6 Å². The first-order valence-corrected chi connectivity index (χ1v) is 6.66. The van der Waals surface area contributed by atoms with Gasteiger partial charge in [0.2, 0.25) is 0 Å². The van der Waals surface area contributed by atoms with Crippen molar-refractivity contribution in [3.05, 3.63) is 41.0 Å². The van der Waals surface area contributed by atoms with E-state index in [4.69, 9.17) is 16.6 Å². The normalized spacial score (nSPS) is 10.3. The highest BCUT2D eigenvalue weighted by molar-refractivity contribution is 9.10. The lowest BCUT2D eigenvalue weighted by atomic mass is 10.4. The average molecular weight is 329 g/mol. The molecule has 0 saturated carbocycles. The van der Waals surface area contributed by atoms with Gasteiger partial charge in [-0.05, 0) is 40.3 Å². The predicted octanol–water partition coefficient (Wildman–Crippen LogP) is 1.90. The summed E-state index contributed by atoms with van der Waals surface area (Å²) in [4.78, 5) is 0. The summed E-state index contributed by atoms with van der Waals surface area (Å²) in [6.45, 7) is 2.07. The number of nitrogens with zero attached hydrogens (tertiary/aromatic N) is 2. The third kappa shape index (κ3) is 4.15. The summed E-state index contributed by atoms with van der Waals surface area (Å²) in [6.07, 6.45) is 5.32. The van der Waals surface area contributed by atoms with Crippen molar-refractivity contribution in [1.82, 2.24) is 20.4 Å². The van der Waals surface area contributed by atoms with Crippen LogP contribution in [0.3, 0.4) is 0 Å². The minimum Gasteiger partial charge on any atom is -0.467 e. The summed E-state index contributed by atoms with van der Waals surface area (Å²) in [5, 5.41) is 10.9. The Bertz CT molecular complexity index is 497. The lowest BCUT2D eigenvalue weighted by Gasteiger charge is -2.09. The van der Waals surface area contributed by atoms with E-state index in [0.717, 1.165) is 23.3 Å². The second kappa shape index (κ2) is 6.55. The molecule has 96 valence electrons. The van der Waals surface area contributed by atoms with Gasteiger partial charge in [-0.1, -0.05) is 0 Å². The van der Waals surface area contributed by atoms with Gasteiger partial charge in [0.05, 0.1) is 30.0 Å². The van der Waals surface area contributed by atoms with Crippen LogP contribution in [0, 0.1) is 0 Å². The van der Waals surface area contributed by atoms with Gasteiger partial charge < -0.3 is 15.1 Å². The summed E-state index contributed by atoms with van der Waals surface area (Å²) in [7, 11) is 0. The number of halogens is 1. The molecule has 2 N–H and O–H groups in total. The molecule has 2 aromatic rings. The van der Waals surface area contributed by atoms with Crippen molar-refractivity contribution in [1.29, 1.82) is 0 Å². The van der Waals surface area contributed by atoms with Gasteiger partial charge >= 0.3 is 0 Å². The van der Waals surface area contributed by atoms with Crippen molar-refractivity contribution in [2.45, 2.75) is 13.1 Å². The number of rotatable bonds is 5. The van der Waals surface area contributed by atoms with Crippen LogP contribution in [0.2, 0.25) is 0 Å². The zero-order chi connectivity index (χ0) is 12.8. The highest BCUT2D eigenvalue weighted by atomic mass is 79.9. The van der Waals surface area contributed by atoms with E-state index in [1.807, 2.05) is 23.0 Å². The molecule has 0 aromatic carbocycles. The average Bonchev–Trinajstić information content (AvgIpc) is 2.98. The van der Waals surface area contributed by atoms with E-state index in [-0.39, 0.29) is 0 Å². The molecule has 0 atom stereocenters. The molecule has 0 saturated heterocycles. The van der Waals surface area contributed by atoms with E-state index in [1.165, 1.54) is 0 Å². The van der Waals surface area contributed by atoms with Crippen molar-refractivity contribution >= 4 is 33.3 Å². The molecule has 18 heavy (non-hydrogen) atoms. The number of hydrogen-bond acceptors (Lipinski definition) is 3. The molecule has 5 nitrogen and oxygen atoms in total. The van der Waals surface area contributed by atoms with Gasteiger partial charge in [0.25, 0.3) is 0 Å². The second-order valence-electron chi connectivity index (χ2n) is 3.61. The molecule has 0 aliphatic carbocycles. The predicted molar refractivity (Wildman–Crippen MR) is 76.1 cm³/mol. The summed E-state index contributed by atoms with van der Waals surface area (Å²) in [6, 6.07) is 3.75. The Balaban J connectivity index is 1.63. The maximum Gasteiger partial charge on any atom is 0.166 e. The van der Waals surface area contributed by atoms with E-state index in [9.17, 15) is 0 Å². The molecule has 0 aliphatic rings. The molecular weight excluding hydrogens is 316 g/mol. The number of hydrogen-bond donors (Lipinski definition) is 2. The Kier molecular flexibility index (Phi) is 4.77. The second-order valence-corrected chi connectivity index (χ2v) is 4.93. The Morgan fingerprint density at radius 1 is 1.50 bits per heavy atom. The molecule has 0 amide bonds. The summed E-state index contributed by atoms with van der Waals surface area (Å²) in [5.41, 5.74) is 0. The standard InChI is InChI=1S/C11H13BrN4OS/c12-9-6-15-16(8-9)4-3-13-11(18)14-7-10-2-1-5-17-10/h1-2,5-6,8H,3-4,7H2,(H2,13,14,18). The number of nitrogens with one attached hydrogen (secondary N) is 2. The minimum absolute atomic E-state index is 0.589. The van der Waals surface area contributed by atoms with Crippen LogP contribution in [0.1, 0.15) is 5.76 Å². The monoisotopic (exact) mass is 328 g/mol. The molecule has 2 aromatic heterocycles. The molecule has 0 radical (unpaired) electrons. The highest BCUT2D eigenvalue weighted by Gasteiger charge is 1.99. The first kappa shape index (κ1) is 13.1. The molecule has 7 heteroatoms. The topological polar surface area (TPSA) is 55.0 Å². The van der Waals surface area contributed by atoms with Crippen LogP contribution >= 0.6 is 28.1 Å². The van der Waals surface area contributed by atoms with E-state index >= 15 is 0 Å². The fourth-order valence-electron chi connectivity index (χ4n) is 1.39. The zero-order valence-electron chi connectivity index (χ0n) is 9.60. The summed E-state index contributed by atoms with van der Waals surface area (Å²) in [5.74, 6) is 0.857. The molecular formula is C11H13BrN4OS. The lowest BCUT2D eigenvalue weighted by molar-refractivity contribution is 0.502. The van der Waals surface area contributed by atoms with Crippen molar-refractivity contribution in [2.24, 2.45) is 0 Å². The maximum atomic E-state index is 5.19. The van der Waals surface area contributed by atoms with E-state index in [0.29, 0.717) is 11.7 Å². The number of aromatic nitrogens is 2. The fraction of sp³-hybridized carbons (Fsp3) is 0.273. The Morgan fingerprint density at radius 2 is 2.39 bits per heavy atom. The van der Waals surface area contributed by atoms with Crippen LogP contribution in [-0.4, -0.2) is 21.4 Å². The third-order valence-electron chi connectivity index (χ3n) is 2.23. The van der Waals surface area contributed by atoms with Crippen LogP contribution in [0.5, 0.6) is 0 Å². The zero-order valence-corrected chi connectivity index (χ0v) is 12.0. The van der Waals surface area contributed by atoms with Crippen molar-refractivity contribution < 1.29 is 4.42 Å². The first-order chi connectivity index (χ1) is 8.74. The molecule has 0 fully saturated rings. The first-order valence-electron chi connectivity index (χ1n) is 5.46. The molecule has 2 rings (SSSR count). The van der Waals surface area contributed by atoms with Crippen LogP contribution in [0.15, 0.2) is 39.7 Å².